The third-order valence-electron chi connectivity index (χ3n) is 9.43. The summed E-state index contributed by atoms with van der Waals surface area (Å²) in [6.45, 7) is 4.63. The quantitative estimate of drug-likeness (QED) is 0.206. The zero-order chi connectivity index (χ0) is 30.4. The van der Waals surface area contributed by atoms with Gasteiger partial charge in [0.1, 0.15) is 5.52 Å². The predicted octanol–water partition coefficient (Wildman–Crippen LogP) is 10.7. The fourth-order valence-corrected chi connectivity index (χ4v) is 7.20. The molecule has 2 heterocycles. The lowest BCUT2D eigenvalue weighted by Crippen LogP contribution is -2.30. The van der Waals surface area contributed by atoms with Gasteiger partial charge in [-0.05, 0) is 90.9 Å². The first-order chi connectivity index (χ1) is 22.1. The summed E-state index contributed by atoms with van der Waals surface area (Å²) in [6.07, 6.45) is 21.5. The van der Waals surface area contributed by atoms with Gasteiger partial charge in [-0.25, -0.2) is 0 Å². The molecule has 0 spiro atoms. The lowest BCUT2D eigenvalue weighted by molar-refractivity contribution is 0.632. The molecule has 220 valence electrons. The standard InChI is InChI=1S/C41H36N4/c1-41(2)34-17-9-11-19-36(34)45(37-20-12-10-18-35(37)41)38-26-25-33(39-40(38)43-28-27-42-39)29-21-23-32(24-22-29)44(30-13-5-3-6-14-30)31-15-7-4-8-16-31/h3,5,7,9-13,15-28H,4,6,8,14H2,1-2H3. The van der Waals surface area contributed by atoms with Crippen molar-refractivity contribution < 1.29 is 0 Å². The van der Waals surface area contributed by atoms with Gasteiger partial charge >= 0.3 is 0 Å². The molecule has 1 aromatic heterocycles. The van der Waals surface area contributed by atoms with E-state index < -0.39 is 0 Å². The topological polar surface area (TPSA) is 32.3 Å². The molecular weight excluding hydrogens is 548 g/mol. The monoisotopic (exact) mass is 584 g/mol. The van der Waals surface area contributed by atoms with Gasteiger partial charge in [-0.1, -0.05) is 86.7 Å². The molecule has 45 heavy (non-hydrogen) atoms. The van der Waals surface area contributed by atoms with Crippen LogP contribution in [0.5, 0.6) is 0 Å². The molecule has 8 rings (SSSR count). The smallest absolute Gasteiger partial charge is 0.113 e. The van der Waals surface area contributed by atoms with E-state index in [0.717, 1.165) is 53.5 Å². The van der Waals surface area contributed by atoms with Crippen molar-refractivity contribution in [2.45, 2.75) is 44.9 Å². The largest absolute Gasteiger partial charge is 0.315 e. The van der Waals surface area contributed by atoms with Crippen LogP contribution in [0.4, 0.5) is 22.7 Å². The normalized spacial score (nSPS) is 16.5. The molecule has 4 aromatic carbocycles. The van der Waals surface area contributed by atoms with Crippen LogP contribution in [0.2, 0.25) is 0 Å². The average molecular weight is 585 g/mol. The Morgan fingerprint density at radius 2 is 1.40 bits per heavy atom. The molecule has 2 aliphatic carbocycles. The SMILES string of the molecule is CC1(C)c2ccccc2N(c2ccc(-c3ccc(N(C4=CCCC=C4)C4=CC=CCC4)cc3)c3nccnc23)c2ccccc21. The zero-order valence-electron chi connectivity index (χ0n) is 25.8. The molecule has 0 amide bonds. The molecule has 0 N–H and O–H groups in total. The summed E-state index contributed by atoms with van der Waals surface area (Å²) < 4.78 is 0. The maximum Gasteiger partial charge on any atom is 0.113 e. The van der Waals surface area contributed by atoms with Gasteiger partial charge in [0, 0.05) is 40.5 Å². The number of nitrogens with zero attached hydrogens (tertiary/aromatic N) is 4. The van der Waals surface area contributed by atoms with Crippen LogP contribution in [0.25, 0.3) is 22.2 Å². The number of benzene rings is 4. The van der Waals surface area contributed by atoms with Crippen molar-refractivity contribution in [1.82, 2.24) is 9.97 Å². The summed E-state index contributed by atoms with van der Waals surface area (Å²) in [4.78, 5) is 14.7. The molecule has 3 aliphatic rings. The van der Waals surface area contributed by atoms with Crippen LogP contribution in [0.3, 0.4) is 0 Å². The Bertz CT molecular complexity index is 1990. The van der Waals surface area contributed by atoms with Crippen LogP contribution >= 0.6 is 0 Å². The molecule has 0 saturated carbocycles. The first-order valence-electron chi connectivity index (χ1n) is 16.0. The summed E-state index contributed by atoms with van der Waals surface area (Å²) in [5.74, 6) is 0. The lowest BCUT2D eigenvalue weighted by atomic mass is 9.73. The molecule has 0 fully saturated rings. The highest BCUT2D eigenvalue weighted by Crippen LogP contribution is 2.52. The Kier molecular flexibility index (Phi) is 6.71. The number of allylic oxidation sites excluding steroid dienone is 7. The molecule has 0 saturated heterocycles. The number of hydrogen-bond donors (Lipinski definition) is 0. The van der Waals surface area contributed by atoms with Crippen molar-refractivity contribution in [1.29, 1.82) is 0 Å². The van der Waals surface area contributed by atoms with E-state index in [1.807, 2.05) is 0 Å². The van der Waals surface area contributed by atoms with Crippen LogP contribution in [-0.4, -0.2) is 9.97 Å². The highest BCUT2D eigenvalue weighted by atomic mass is 15.2. The number of para-hydroxylation sites is 2. The van der Waals surface area contributed by atoms with E-state index in [1.54, 1.807) is 12.4 Å². The van der Waals surface area contributed by atoms with Crippen molar-refractivity contribution in [3.8, 4) is 11.1 Å². The van der Waals surface area contributed by atoms with E-state index in [1.165, 1.54) is 39.6 Å². The Balaban J connectivity index is 1.23. The fraction of sp³-hybridized carbons (Fsp3) is 0.171. The summed E-state index contributed by atoms with van der Waals surface area (Å²) >= 11 is 0. The minimum Gasteiger partial charge on any atom is -0.315 e. The van der Waals surface area contributed by atoms with Gasteiger partial charge in [0.25, 0.3) is 0 Å². The van der Waals surface area contributed by atoms with Crippen LogP contribution in [0, 0.1) is 0 Å². The molecule has 1 aliphatic heterocycles. The van der Waals surface area contributed by atoms with E-state index in [-0.39, 0.29) is 5.41 Å². The van der Waals surface area contributed by atoms with Crippen LogP contribution in [0.15, 0.2) is 145 Å². The highest BCUT2D eigenvalue weighted by Gasteiger charge is 2.37. The van der Waals surface area contributed by atoms with Gasteiger partial charge in [0.2, 0.25) is 0 Å². The van der Waals surface area contributed by atoms with Crippen molar-refractivity contribution in [3.63, 3.8) is 0 Å². The lowest BCUT2D eigenvalue weighted by Gasteiger charge is -2.42. The maximum absolute atomic E-state index is 4.95. The third-order valence-corrected chi connectivity index (χ3v) is 9.43. The molecule has 0 atom stereocenters. The average Bonchev–Trinajstić information content (AvgIpc) is 3.10. The Hall–Kier alpha value is -5.22. The van der Waals surface area contributed by atoms with Crippen LogP contribution in [0.1, 0.15) is 50.7 Å². The van der Waals surface area contributed by atoms with Crippen LogP contribution in [-0.2, 0) is 5.41 Å². The number of rotatable bonds is 5. The second kappa shape index (κ2) is 11.0. The van der Waals surface area contributed by atoms with Crippen molar-refractivity contribution in [3.05, 3.63) is 156 Å². The minimum atomic E-state index is -0.117. The number of fused-ring (bicyclic) bond motifs is 3. The maximum atomic E-state index is 4.95. The number of hydrogen-bond acceptors (Lipinski definition) is 4. The van der Waals surface area contributed by atoms with Gasteiger partial charge in [0.15, 0.2) is 0 Å². The summed E-state index contributed by atoms with van der Waals surface area (Å²) in [6, 6.07) is 30.9. The Labute approximate surface area is 265 Å². The van der Waals surface area contributed by atoms with Gasteiger partial charge in [-0.15, -0.1) is 0 Å². The molecule has 0 radical (unpaired) electrons. The van der Waals surface area contributed by atoms with Gasteiger partial charge < -0.3 is 9.80 Å². The van der Waals surface area contributed by atoms with Gasteiger partial charge in [-0.3, -0.25) is 9.97 Å². The Morgan fingerprint density at radius 3 is 2.07 bits per heavy atom. The van der Waals surface area contributed by atoms with E-state index in [9.17, 15) is 0 Å². The predicted molar refractivity (Wildman–Crippen MR) is 187 cm³/mol. The van der Waals surface area contributed by atoms with E-state index in [2.05, 4.69) is 145 Å². The molecule has 0 bridgehead atoms. The van der Waals surface area contributed by atoms with E-state index >= 15 is 0 Å². The van der Waals surface area contributed by atoms with Gasteiger partial charge in [0.05, 0.1) is 22.6 Å². The van der Waals surface area contributed by atoms with E-state index in [0.29, 0.717) is 0 Å². The van der Waals surface area contributed by atoms with Crippen molar-refractivity contribution in [2.75, 3.05) is 9.80 Å². The molecule has 4 nitrogen and oxygen atoms in total. The highest BCUT2D eigenvalue weighted by molar-refractivity contribution is 6.03. The molecular formula is C41H36N4. The van der Waals surface area contributed by atoms with E-state index in [4.69, 9.17) is 9.97 Å². The minimum absolute atomic E-state index is 0.117. The second-order valence-corrected chi connectivity index (χ2v) is 12.5. The first kappa shape index (κ1) is 27.3. The number of aromatic nitrogens is 2. The number of anilines is 4. The third kappa shape index (κ3) is 4.60. The molecule has 4 heteroatoms. The zero-order valence-corrected chi connectivity index (χ0v) is 25.8. The van der Waals surface area contributed by atoms with Crippen molar-refractivity contribution >= 4 is 33.8 Å². The van der Waals surface area contributed by atoms with Gasteiger partial charge in [-0.2, -0.15) is 0 Å². The van der Waals surface area contributed by atoms with Crippen molar-refractivity contribution in [2.24, 2.45) is 0 Å². The first-order valence-corrected chi connectivity index (χ1v) is 16.0. The molecule has 5 aromatic rings. The summed E-state index contributed by atoms with van der Waals surface area (Å²) in [5, 5.41) is 0. The summed E-state index contributed by atoms with van der Waals surface area (Å²) in [5.41, 5.74) is 13.6. The Morgan fingerprint density at radius 1 is 0.689 bits per heavy atom. The molecule has 0 unspecified atom stereocenters. The van der Waals surface area contributed by atoms with Crippen LogP contribution < -0.4 is 9.80 Å². The fourth-order valence-electron chi connectivity index (χ4n) is 7.20. The summed E-state index contributed by atoms with van der Waals surface area (Å²) in [7, 11) is 0. The second-order valence-electron chi connectivity index (χ2n) is 12.5.